The number of esters is 4. The minimum absolute atomic E-state index is 0.106. The van der Waals surface area contributed by atoms with E-state index in [-0.39, 0.29) is 25.7 Å². The van der Waals surface area contributed by atoms with Crippen molar-refractivity contribution in [2.24, 2.45) is 11.8 Å². The number of carbonyl (C=O) groups is 4. The number of hydrogen-bond donors (Lipinski definition) is 3. The first-order chi connectivity index (χ1) is 47.4. The number of carbonyl (C=O) groups excluding carboxylic acids is 4. The Hall–Kier alpha value is -1.94. The van der Waals surface area contributed by atoms with Crippen LogP contribution in [0.3, 0.4) is 0 Å². The molecule has 0 rings (SSSR count). The van der Waals surface area contributed by atoms with Gasteiger partial charge >= 0.3 is 39.5 Å². The first-order valence-corrected chi connectivity index (χ1v) is 44.0. The molecule has 0 aliphatic carbocycles. The summed E-state index contributed by atoms with van der Waals surface area (Å²) in [4.78, 5) is 72.8. The molecule has 3 unspecified atom stereocenters. The number of ether oxygens (including phenoxy) is 4. The molecule has 0 saturated carbocycles. The molecule has 0 aliphatic rings. The van der Waals surface area contributed by atoms with Crippen molar-refractivity contribution in [1.29, 1.82) is 0 Å². The number of hydrogen-bond acceptors (Lipinski definition) is 15. The average Bonchev–Trinajstić information content (AvgIpc) is 1.03. The van der Waals surface area contributed by atoms with Crippen molar-refractivity contribution in [3.63, 3.8) is 0 Å². The van der Waals surface area contributed by atoms with Crippen molar-refractivity contribution in [2.75, 3.05) is 39.6 Å². The van der Waals surface area contributed by atoms with Gasteiger partial charge in [0.15, 0.2) is 12.2 Å². The number of rotatable bonds is 78. The molecule has 0 radical (unpaired) electrons. The largest absolute Gasteiger partial charge is 0.472 e. The summed E-state index contributed by atoms with van der Waals surface area (Å²) < 4.78 is 68.6. The first-order valence-electron chi connectivity index (χ1n) is 41.0. The van der Waals surface area contributed by atoms with E-state index in [1.54, 1.807) is 0 Å². The summed E-state index contributed by atoms with van der Waals surface area (Å²) in [6.07, 6.45) is 59.7. The van der Waals surface area contributed by atoms with Crippen molar-refractivity contribution in [2.45, 2.75) is 432 Å². The second-order valence-corrected chi connectivity index (χ2v) is 32.1. The Labute approximate surface area is 600 Å². The lowest BCUT2D eigenvalue weighted by Crippen LogP contribution is -2.30. The lowest BCUT2D eigenvalue weighted by molar-refractivity contribution is -0.161. The topological polar surface area (TPSA) is 237 Å². The highest BCUT2D eigenvalue weighted by atomic mass is 31.2. The van der Waals surface area contributed by atoms with Gasteiger partial charge in [-0.1, -0.05) is 363 Å². The quantitative estimate of drug-likeness (QED) is 0.0222. The molecule has 0 aromatic carbocycles. The molecule has 3 N–H and O–H groups in total. The minimum Gasteiger partial charge on any atom is -0.462 e. The lowest BCUT2D eigenvalue weighted by atomic mass is 9.99. The van der Waals surface area contributed by atoms with Gasteiger partial charge in [0.2, 0.25) is 0 Å². The van der Waals surface area contributed by atoms with Gasteiger partial charge in [0.1, 0.15) is 19.3 Å². The van der Waals surface area contributed by atoms with Crippen LogP contribution < -0.4 is 0 Å². The van der Waals surface area contributed by atoms with Crippen LogP contribution in [0.2, 0.25) is 0 Å². The third kappa shape index (κ3) is 71.1. The van der Waals surface area contributed by atoms with Crippen LogP contribution in [0.15, 0.2) is 0 Å². The third-order valence-electron chi connectivity index (χ3n) is 18.8. The van der Waals surface area contributed by atoms with Crippen LogP contribution in [0.5, 0.6) is 0 Å². The van der Waals surface area contributed by atoms with E-state index < -0.39 is 97.5 Å². The molecule has 0 fully saturated rings. The third-order valence-corrected chi connectivity index (χ3v) is 20.7. The number of phosphoric ester groups is 2. The maximum Gasteiger partial charge on any atom is 0.472 e. The molecule has 582 valence electrons. The Morgan fingerprint density at radius 1 is 0.296 bits per heavy atom. The smallest absolute Gasteiger partial charge is 0.462 e. The second-order valence-electron chi connectivity index (χ2n) is 29.2. The predicted molar refractivity (Wildman–Crippen MR) is 400 cm³/mol. The molecule has 0 bridgehead atoms. The average molecular weight is 1440 g/mol. The summed E-state index contributed by atoms with van der Waals surface area (Å²) in [7, 11) is -9.91. The number of phosphoric acid groups is 2. The SMILES string of the molecule is CCCCCCCCCCCCCCCCCCCCCCCC(=O)O[C@H](COC(=O)CCCCCCCCCCCCCCC(C)C)COP(=O)(O)OC[C@@H](O)COP(=O)(O)OC[C@@H](COC(=O)CCCCCCCCCC)OC(=O)CCCCCCCCCCCCC(C)CC. The zero-order valence-electron chi connectivity index (χ0n) is 64.1. The maximum atomic E-state index is 13.1. The fraction of sp³-hybridized carbons (Fsp3) is 0.949. The second kappa shape index (κ2) is 70.7. The van der Waals surface area contributed by atoms with Crippen LogP contribution in [0.4, 0.5) is 0 Å². The van der Waals surface area contributed by atoms with Gasteiger partial charge in [0.05, 0.1) is 26.4 Å². The molecule has 0 aromatic rings. The van der Waals surface area contributed by atoms with E-state index in [0.717, 1.165) is 108 Å². The minimum atomic E-state index is -4.96. The van der Waals surface area contributed by atoms with Crippen LogP contribution in [0.25, 0.3) is 0 Å². The molecule has 6 atom stereocenters. The fourth-order valence-corrected chi connectivity index (χ4v) is 13.7. The highest BCUT2D eigenvalue weighted by Gasteiger charge is 2.30. The molecule has 19 heteroatoms. The van der Waals surface area contributed by atoms with Crippen LogP contribution in [0, 0.1) is 11.8 Å². The van der Waals surface area contributed by atoms with E-state index in [9.17, 15) is 43.2 Å². The van der Waals surface area contributed by atoms with Gasteiger partial charge < -0.3 is 33.8 Å². The van der Waals surface area contributed by atoms with Crippen molar-refractivity contribution in [3.05, 3.63) is 0 Å². The molecule has 0 amide bonds. The number of aliphatic hydroxyl groups is 1. The van der Waals surface area contributed by atoms with E-state index in [1.807, 2.05) is 0 Å². The monoisotopic (exact) mass is 1440 g/mol. The standard InChI is InChI=1S/C79H154O17P2/c1-7-10-12-14-16-18-19-20-21-22-23-24-25-26-27-28-33-39-45-51-57-63-78(83)96-75(68-90-77(82)62-56-50-44-38-32-30-29-31-36-41-47-53-59-71(4)5)70-94-98(87,88)92-66-73(80)65-91-97(85,86)93-69-74(67-89-76(81)61-55-49-43-17-15-13-11-8-2)95-79(84)64-58-52-46-40-35-34-37-42-48-54-60-72(6)9-3/h71-75,80H,7-70H2,1-6H3,(H,85,86)(H,87,88)/t72?,73-,74+,75+/m0/s1. The van der Waals surface area contributed by atoms with Crippen molar-refractivity contribution < 1.29 is 80.2 Å². The zero-order chi connectivity index (χ0) is 72.1. The molecular weight excluding hydrogens is 1280 g/mol. The molecule has 0 aliphatic heterocycles. The summed E-state index contributed by atoms with van der Waals surface area (Å²) in [6, 6.07) is 0. The van der Waals surface area contributed by atoms with Crippen LogP contribution >= 0.6 is 15.6 Å². The van der Waals surface area contributed by atoms with Crippen LogP contribution in [-0.2, 0) is 65.4 Å². The van der Waals surface area contributed by atoms with Gasteiger partial charge in [0, 0.05) is 25.7 Å². The summed E-state index contributed by atoms with van der Waals surface area (Å²) in [5, 5.41) is 10.6. The highest BCUT2D eigenvalue weighted by Crippen LogP contribution is 2.45. The molecule has 17 nitrogen and oxygen atoms in total. The summed E-state index contributed by atoms with van der Waals surface area (Å²) in [5.41, 5.74) is 0. The van der Waals surface area contributed by atoms with Crippen LogP contribution in [0.1, 0.15) is 414 Å². The van der Waals surface area contributed by atoms with Crippen molar-refractivity contribution in [1.82, 2.24) is 0 Å². The summed E-state index contributed by atoms with van der Waals surface area (Å²) in [6.45, 7) is 9.62. The van der Waals surface area contributed by atoms with E-state index in [1.165, 1.54) is 225 Å². The van der Waals surface area contributed by atoms with Gasteiger partial charge in [-0.05, 0) is 37.5 Å². The molecule has 0 heterocycles. The molecule has 0 saturated heterocycles. The van der Waals surface area contributed by atoms with E-state index in [2.05, 4.69) is 41.5 Å². The Bertz CT molecular complexity index is 1890. The van der Waals surface area contributed by atoms with Crippen molar-refractivity contribution >= 4 is 39.5 Å². The predicted octanol–water partition coefficient (Wildman–Crippen LogP) is 23.5. The summed E-state index contributed by atoms with van der Waals surface area (Å²) >= 11 is 0. The molecule has 98 heavy (non-hydrogen) atoms. The normalized spacial score (nSPS) is 14.2. The van der Waals surface area contributed by atoms with Gasteiger partial charge in [0.25, 0.3) is 0 Å². The van der Waals surface area contributed by atoms with Crippen LogP contribution in [-0.4, -0.2) is 96.7 Å². The number of aliphatic hydroxyl groups excluding tert-OH is 1. The lowest BCUT2D eigenvalue weighted by Gasteiger charge is -2.21. The Kier molecular flexibility index (Phi) is 69.3. The van der Waals surface area contributed by atoms with Gasteiger partial charge in [-0.25, -0.2) is 9.13 Å². The summed E-state index contributed by atoms with van der Waals surface area (Å²) in [5.74, 6) is -0.530. The van der Waals surface area contributed by atoms with E-state index in [4.69, 9.17) is 37.0 Å². The Morgan fingerprint density at radius 3 is 0.776 bits per heavy atom. The van der Waals surface area contributed by atoms with E-state index in [0.29, 0.717) is 25.7 Å². The highest BCUT2D eigenvalue weighted by molar-refractivity contribution is 7.47. The van der Waals surface area contributed by atoms with E-state index >= 15 is 0 Å². The fourth-order valence-electron chi connectivity index (χ4n) is 12.2. The van der Waals surface area contributed by atoms with Gasteiger partial charge in [-0.3, -0.25) is 37.3 Å². The molecular formula is C79H154O17P2. The number of unbranched alkanes of at least 4 members (excludes halogenated alkanes) is 47. The zero-order valence-corrected chi connectivity index (χ0v) is 65.9. The molecule has 0 spiro atoms. The van der Waals surface area contributed by atoms with Crippen molar-refractivity contribution in [3.8, 4) is 0 Å². The maximum absolute atomic E-state index is 13.1. The Balaban J connectivity index is 5.19. The van der Waals surface area contributed by atoms with Gasteiger partial charge in [-0.15, -0.1) is 0 Å². The van der Waals surface area contributed by atoms with Gasteiger partial charge in [-0.2, -0.15) is 0 Å². The molecule has 0 aromatic heterocycles. The Morgan fingerprint density at radius 2 is 0.520 bits per heavy atom. The first kappa shape index (κ1) is 96.1.